The van der Waals surface area contributed by atoms with Crippen LogP contribution in [0.25, 0.3) is 76.1 Å². The second-order valence-electron chi connectivity index (χ2n) is 13.2. The van der Waals surface area contributed by atoms with Gasteiger partial charge in [0.1, 0.15) is 5.52 Å². The molecule has 0 amide bonds. The highest BCUT2D eigenvalue weighted by Crippen LogP contribution is 2.43. The van der Waals surface area contributed by atoms with Crippen molar-refractivity contribution >= 4 is 59.7 Å². The van der Waals surface area contributed by atoms with E-state index in [1.807, 2.05) is 47.7 Å². The van der Waals surface area contributed by atoms with E-state index in [1.165, 1.54) is 31.3 Å². The lowest BCUT2D eigenvalue weighted by Crippen LogP contribution is -2.09. The van der Waals surface area contributed by atoms with Gasteiger partial charge < -0.3 is 9.32 Å². The van der Waals surface area contributed by atoms with Crippen LogP contribution in [0, 0.1) is 0 Å². The fourth-order valence-corrected chi connectivity index (χ4v) is 8.45. The molecule has 0 aliphatic rings. The standard InChI is InChI=1S/C49H32N2OS/c1-4-12-33(13-5-1)34-20-24-38(25-21-34)51(40-28-29-44-43-18-10-11-19-45(43)53-46(44)32-40)39-26-22-36(23-27-39)42-31-30-41(35-14-6-2-7-15-35)47-48(42)52-49(50-47)37-16-8-3-9-17-37/h1-32H. The molecule has 0 aliphatic carbocycles. The predicted octanol–water partition coefficient (Wildman–Crippen LogP) is 14.3. The Kier molecular flexibility index (Phi) is 7.67. The number of anilines is 3. The lowest BCUT2D eigenvalue weighted by atomic mass is 9.98. The number of benzene rings is 8. The Morgan fingerprint density at radius 2 is 0.906 bits per heavy atom. The van der Waals surface area contributed by atoms with E-state index in [2.05, 4.69) is 163 Å². The zero-order valence-corrected chi connectivity index (χ0v) is 29.5. The van der Waals surface area contributed by atoms with E-state index in [-0.39, 0.29) is 0 Å². The number of rotatable bonds is 7. The predicted molar refractivity (Wildman–Crippen MR) is 223 cm³/mol. The van der Waals surface area contributed by atoms with Crippen LogP contribution in [-0.2, 0) is 0 Å². The molecule has 2 heterocycles. The molecule has 0 N–H and O–H groups in total. The van der Waals surface area contributed by atoms with Gasteiger partial charge in [-0.2, -0.15) is 0 Å². The zero-order valence-electron chi connectivity index (χ0n) is 28.7. The van der Waals surface area contributed by atoms with Crippen LogP contribution in [-0.4, -0.2) is 4.98 Å². The summed E-state index contributed by atoms with van der Waals surface area (Å²) in [5, 5.41) is 2.59. The number of oxazole rings is 1. The minimum Gasteiger partial charge on any atom is -0.435 e. The van der Waals surface area contributed by atoms with Gasteiger partial charge in [-0.25, -0.2) is 4.98 Å². The summed E-state index contributed by atoms with van der Waals surface area (Å²) in [4.78, 5) is 7.41. The van der Waals surface area contributed by atoms with Gasteiger partial charge in [-0.1, -0.05) is 133 Å². The molecule has 0 spiro atoms. The summed E-state index contributed by atoms with van der Waals surface area (Å²) in [6.07, 6.45) is 0. The fraction of sp³-hybridized carbons (Fsp3) is 0. The van der Waals surface area contributed by atoms with Crippen molar-refractivity contribution in [3.63, 3.8) is 0 Å². The first kappa shape index (κ1) is 31.0. The molecule has 0 aliphatic heterocycles. The third-order valence-corrected chi connectivity index (χ3v) is 11.1. The van der Waals surface area contributed by atoms with Crippen LogP contribution in [0.15, 0.2) is 199 Å². The van der Waals surface area contributed by atoms with Gasteiger partial charge in [-0.3, -0.25) is 0 Å². The number of hydrogen-bond donors (Lipinski definition) is 0. The van der Waals surface area contributed by atoms with Crippen molar-refractivity contribution < 1.29 is 4.42 Å². The highest BCUT2D eigenvalue weighted by Gasteiger charge is 2.19. The van der Waals surface area contributed by atoms with Crippen molar-refractivity contribution in [1.82, 2.24) is 4.98 Å². The first-order valence-electron chi connectivity index (χ1n) is 17.8. The molecule has 53 heavy (non-hydrogen) atoms. The lowest BCUT2D eigenvalue weighted by molar-refractivity contribution is 0.621. The van der Waals surface area contributed by atoms with E-state index in [9.17, 15) is 0 Å². The third-order valence-electron chi connectivity index (χ3n) is 9.94. The van der Waals surface area contributed by atoms with Gasteiger partial charge in [0.15, 0.2) is 5.58 Å². The third kappa shape index (κ3) is 5.66. The molecule has 0 saturated carbocycles. The molecule has 0 saturated heterocycles. The number of hydrogen-bond acceptors (Lipinski definition) is 4. The topological polar surface area (TPSA) is 29.3 Å². The molecule has 0 fully saturated rings. The summed E-state index contributed by atoms with van der Waals surface area (Å²) in [6, 6.07) is 68.5. The second kappa shape index (κ2) is 13.1. The SMILES string of the molecule is c1ccc(-c2ccc(N(c3ccc(-c4ccc(-c5ccccc5)c5nc(-c6ccccc6)oc45)cc3)c3ccc4c(c3)sc3ccccc34)cc2)cc1. The number of aromatic nitrogens is 1. The Bertz CT molecular complexity index is 2860. The molecule has 2 aromatic heterocycles. The van der Waals surface area contributed by atoms with Gasteiger partial charge in [0.25, 0.3) is 0 Å². The van der Waals surface area contributed by atoms with Crippen LogP contribution in [0.4, 0.5) is 17.1 Å². The summed E-state index contributed by atoms with van der Waals surface area (Å²) in [7, 11) is 0. The van der Waals surface area contributed by atoms with E-state index in [0.717, 1.165) is 56.0 Å². The Hall–Kier alpha value is -6.75. The number of thiophene rings is 1. The van der Waals surface area contributed by atoms with Gasteiger partial charge >= 0.3 is 0 Å². The second-order valence-corrected chi connectivity index (χ2v) is 14.2. The quantitative estimate of drug-likeness (QED) is 0.166. The Labute approximate surface area is 311 Å². The molecule has 0 radical (unpaired) electrons. The minimum absolute atomic E-state index is 0.614. The first-order chi connectivity index (χ1) is 26.3. The van der Waals surface area contributed by atoms with Gasteiger partial charge in [0.05, 0.1) is 0 Å². The Morgan fingerprint density at radius 3 is 1.60 bits per heavy atom. The Morgan fingerprint density at radius 1 is 0.396 bits per heavy atom. The van der Waals surface area contributed by atoms with Crippen molar-refractivity contribution in [3.8, 4) is 44.8 Å². The number of nitrogens with zero attached hydrogens (tertiary/aromatic N) is 2. The number of fused-ring (bicyclic) bond motifs is 4. The molecule has 0 unspecified atom stereocenters. The molecule has 8 aromatic carbocycles. The highest BCUT2D eigenvalue weighted by atomic mass is 32.1. The van der Waals surface area contributed by atoms with E-state index < -0.39 is 0 Å². The van der Waals surface area contributed by atoms with Crippen molar-refractivity contribution in [3.05, 3.63) is 194 Å². The monoisotopic (exact) mass is 696 g/mol. The highest BCUT2D eigenvalue weighted by molar-refractivity contribution is 7.25. The lowest BCUT2D eigenvalue weighted by Gasteiger charge is -2.26. The van der Waals surface area contributed by atoms with E-state index in [0.29, 0.717) is 5.89 Å². The molecular weight excluding hydrogens is 665 g/mol. The van der Waals surface area contributed by atoms with Gasteiger partial charge in [0.2, 0.25) is 5.89 Å². The molecule has 250 valence electrons. The van der Waals surface area contributed by atoms with E-state index in [1.54, 1.807) is 0 Å². The molecule has 10 rings (SSSR count). The van der Waals surface area contributed by atoms with Gasteiger partial charge in [-0.15, -0.1) is 11.3 Å². The first-order valence-corrected chi connectivity index (χ1v) is 18.6. The van der Waals surface area contributed by atoms with Crippen LogP contribution < -0.4 is 4.90 Å². The molecular formula is C49H32N2OS. The molecule has 4 heteroatoms. The van der Waals surface area contributed by atoms with E-state index in [4.69, 9.17) is 9.40 Å². The van der Waals surface area contributed by atoms with Crippen molar-refractivity contribution in [1.29, 1.82) is 0 Å². The smallest absolute Gasteiger partial charge is 0.227 e. The maximum atomic E-state index is 6.61. The van der Waals surface area contributed by atoms with Crippen LogP contribution in [0.1, 0.15) is 0 Å². The normalized spacial score (nSPS) is 11.4. The summed E-state index contributed by atoms with van der Waals surface area (Å²) >= 11 is 1.84. The van der Waals surface area contributed by atoms with Crippen LogP contribution >= 0.6 is 11.3 Å². The van der Waals surface area contributed by atoms with Crippen LogP contribution in [0.2, 0.25) is 0 Å². The maximum absolute atomic E-state index is 6.61. The van der Waals surface area contributed by atoms with Crippen molar-refractivity contribution in [2.24, 2.45) is 0 Å². The van der Waals surface area contributed by atoms with Crippen molar-refractivity contribution in [2.75, 3.05) is 4.90 Å². The molecule has 10 aromatic rings. The zero-order chi connectivity index (χ0) is 35.1. The average Bonchev–Trinajstić information content (AvgIpc) is 3.85. The summed E-state index contributed by atoms with van der Waals surface area (Å²) in [5.41, 5.74) is 12.5. The summed E-state index contributed by atoms with van der Waals surface area (Å²) in [6.45, 7) is 0. The fourth-order valence-electron chi connectivity index (χ4n) is 7.31. The maximum Gasteiger partial charge on any atom is 0.227 e. The molecule has 0 bridgehead atoms. The minimum atomic E-state index is 0.614. The van der Waals surface area contributed by atoms with Gasteiger partial charge in [-0.05, 0) is 82.9 Å². The largest absolute Gasteiger partial charge is 0.435 e. The van der Waals surface area contributed by atoms with Crippen LogP contribution in [0.5, 0.6) is 0 Å². The summed E-state index contributed by atoms with van der Waals surface area (Å²) < 4.78 is 9.18. The Balaban J connectivity index is 1.09. The summed E-state index contributed by atoms with van der Waals surface area (Å²) in [5.74, 6) is 0.614. The molecule has 3 nitrogen and oxygen atoms in total. The van der Waals surface area contributed by atoms with Gasteiger partial charge in [0, 0.05) is 53.9 Å². The molecule has 0 atom stereocenters. The van der Waals surface area contributed by atoms with Crippen LogP contribution in [0.3, 0.4) is 0 Å². The average molecular weight is 697 g/mol. The van der Waals surface area contributed by atoms with Crippen molar-refractivity contribution in [2.45, 2.75) is 0 Å². The van der Waals surface area contributed by atoms with E-state index >= 15 is 0 Å².